The van der Waals surface area contributed by atoms with Crippen LogP contribution in [0.5, 0.6) is 0 Å². The number of H-pyrrole nitrogens is 1. The molecule has 0 saturated carbocycles. The first-order chi connectivity index (χ1) is 5.95. The average Bonchev–Trinajstić information content (AvgIpc) is 2.02. The number of carbonyl (C=O) groups excluding carboxylic acids is 1. The van der Waals surface area contributed by atoms with Crippen molar-refractivity contribution in [1.29, 1.82) is 0 Å². The van der Waals surface area contributed by atoms with Crippen molar-refractivity contribution < 1.29 is 4.79 Å². The molecule has 3 heteroatoms. The van der Waals surface area contributed by atoms with Gasteiger partial charge in [-0.2, -0.15) is 0 Å². The van der Waals surface area contributed by atoms with Crippen LogP contribution in [0.3, 0.4) is 0 Å². The Hall–Kier alpha value is -1.38. The highest BCUT2D eigenvalue weighted by Gasteiger charge is 2.14. The van der Waals surface area contributed by atoms with Gasteiger partial charge in [-0.25, -0.2) is 0 Å². The van der Waals surface area contributed by atoms with E-state index in [0.29, 0.717) is 6.29 Å². The Labute approximate surface area is 76.8 Å². The highest BCUT2D eigenvalue weighted by molar-refractivity contribution is 5.73. The molecular formula is C10H13NO2. The predicted octanol–water partition coefficient (Wildman–Crippen LogP) is 1.48. The minimum absolute atomic E-state index is 0.0967. The standard InChI is InChI=1S/C10H13NO2/c1-10(2,3)8-5-4-7(6-12)9(13)11-8/h4-6H,1-3H3,(H,11,13). The highest BCUT2D eigenvalue weighted by Crippen LogP contribution is 2.18. The first kappa shape index (κ1) is 9.71. The first-order valence-corrected chi connectivity index (χ1v) is 4.14. The minimum atomic E-state index is -0.317. The summed E-state index contributed by atoms with van der Waals surface area (Å²) >= 11 is 0. The van der Waals surface area contributed by atoms with Crippen LogP contribution >= 0.6 is 0 Å². The molecular weight excluding hydrogens is 166 g/mol. The number of hydrogen-bond acceptors (Lipinski definition) is 2. The molecule has 0 fully saturated rings. The van der Waals surface area contributed by atoms with Gasteiger partial charge in [-0.1, -0.05) is 20.8 Å². The molecule has 0 aliphatic carbocycles. The van der Waals surface area contributed by atoms with E-state index in [0.717, 1.165) is 5.69 Å². The molecule has 0 aliphatic rings. The van der Waals surface area contributed by atoms with Gasteiger partial charge in [-0.3, -0.25) is 9.59 Å². The molecule has 1 heterocycles. The molecule has 0 aromatic carbocycles. The van der Waals surface area contributed by atoms with Gasteiger partial charge in [0.1, 0.15) is 0 Å². The van der Waals surface area contributed by atoms with Crippen LogP contribution in [0, 0.1) is 0 Å². The summed E-state index contributed by atoms with van der Waals surface area (Å²) in [6.45, 7) is 6.00. The maximum Gasteiger partial charge on any atom is 0.258 e. The van der Waals surface area contributed by atoms with Crippen molar-refractivity contribution in [3.63, 3.8) is 0 Å². The van der Waals surface area contributed by atoms with Gasteiger partial charge in [0.15, 0.2) is 6.29 Å². The van der Waals surface area contributed by atoms with Crippen molar-refractivity contribution >= 4 is 6.29 Å². The van der Waals surface area contributed by atoms with Crippen LogP contribution < -0.4 is 5.56 Å². The Bertz CT molecular complexity index is 371. The third-order valence-corrected chi connectivity index (χ3v) is 1.87. The van der Waals surface area contributed by atoms with E-state index in [2.05, 4.69) is 4.98 Å². The fraction of sp³-hybridized carbons (Fsp3) is 0.400. The summed E-state index contributed by atoms with van der Waals surface area (Å²) in [4.78, 5) is 24.3. The van der Waals surface area contributed by atoms with Gasteiger partial charge in [0.2, 0.25) is 0 Å². The molecule has 0 saturated heterocycles. The summed E-state index contributed by atoms with van der Waals surface area (Å²) < 4.78 is 0. The van der Waals surface area contributed by atoms with Crippen molar-refractivity contribution in [3.8, 4) is 0 Å². The molecule has 0 bridgehead atoms. The number of aromatic amines is 1. The lowest BCUT2D eigenvalue weighted by molar-refractivity contribution is 0.112. The van der Waals surface area contributed by atoms with Crippen LogP contribution in [0.15, 0.2) is 16.9 Å². The monoisotopic (exact) mass is 179 g/mol. The number of aromatic nitrogens is 1. The van der Waals surface area contributed by atoms with E-state index in [1.165, 1.54) is 0 Å². The summed E-state index contributed by atoms with van der Waals surface area (Å²) in [5.74, 6) is 0. The number of hydrogen-bond donors (Lipinski definition) is 1. The molecule has 0 radical (unpaired) electrons. The second-order valence-corrected chi connectivity index (χ2v) is 4.02. The van der Waals surface area contributed by atoms with E-state index < -0.39 is 0 Å². The maximum absolute atomic E-state index is 11.2. The van der Waals surface area contributed by atoms with E-state index in [9.17, 15) is 9.59 Å². The molecule has 1 aromatic heterocycles. The Morgan fingerprint density at radius 3 is 2.31 bits per heavy atom. The van der Waals surface area contributed by atoms with Crippen LogP contribution in [-0.4, -0.2) is 11.3 Å². The summed E-state index contributed by atoms with van der Waals surface area (Å²) in [7, 11) is 0. The third-order valence-electron chi connectivity index (χ3n) is 1.87. The van der Waals surface area contributed by atoms with Gasteiger partial charge in [0.05, 0.1) is 5.56 Å². The van der Waals surface area contributed by atoms with Crippen LogP contribution in [0.25, 0.3) is 0 Å². The van der Waals surface area contributed by atoms with Gasteiger partial charge in [-0.05, 0) is 12.1 Å². The van der Waals surface area contributed by atoms with E-state index in [1.807, 2.05) is 20.8 Å². The second kappa shape index (κ2) is 3.17. The molecule has 3 nitrogen and oxygen atoms in total. The van der Waals surface area contributed by atoms with Crippen molar-refractivity contribution in [3.05, 3.63) is 33.7 Å². The first-order valence-electron chi connectivity index (χ1n) is 4.14. The van der Waals surface area contributed by atoms with Crippen molar-refractivity contribution in [1.82, 2.24) is 4.98 Å². The lowest BCUT2D eigenvalue weighted by Crippen LogP contribution is -2.21. The van der Waals surface area contributed by atoms with Crippen LogP contribution in [0.1, 0.15) is 36.8 Å². The van der Waals surface area contributed by atoms with Gasteiger partial charge in [0.25, 0.3) is 5.56 Å². The normalized spacial score (nSPS) is 11.3. The zero-order valence-corrected chi connectivity index (χ0v) is 8.05. The van der Waals surface area contributed by atoms with Crippen LogP contribution in [0.2, 0.25) is 0 Å². The summed E-state index contributed by atoms with van der Waals surface area (Å²) in [5, 5.41) is 0. The van der Waals surface area contributed by atoms with Crippen molar-refractivity contribution in [2.24, 2.45) is 0 Å². The number of pyridine rings is 1. The molecule has 1 N–H and O–H groups in total. The van der Waals surface area contributed by atoms with E-state index in [1.54, 1.807) is 12.1 Å². The SMILES string of the molecule is CC(C)(C)c1ccc(C=O)c(=O)[nH]1. The van der Waals surface area contributed by atoms with Crippen molar-refractivity contribution in [2.75, 3.05) is 0 Å². The lowest BCUT2D eigenvalue weighted by Gasteiger charge is -2.17. The number of rotatable bonds is 1. The van der Waals surface area contributed by atoms with Gasteiger partial charge in [-0.15, -0.1) is 0 Å². The molecule has 0 amide bonds. The van der Waals surface area contributed by atoms with Gasteiger partial charge >= 0.3 is 0 Å². The molecule has 13 heavy (non-hydrogen) atoms. The Morgan fingerprint density at radius 1 is 1.31 bits per heavy atom. The molecule has 1 aromatic rings. The predicted molar refractivity (Wildman–Crippen MR) is 51.2 cm³/mol. The third kappa shape index (κ3) is 2.05. The Balaban J connectivity index is 3.26. The fourth-order valence-electron chi connectivity index (χ4n) is 1.02. The summed E-state index contributed by atoms with van der Waals surface area (Å²) in [6.07, 6.45) is 0.561. The summed E-state index contributed by atoms with van der Waals surface area (Å²) in [5.41, 5.74) is 0.596. The van der Waals surface area contributed by atoms with E-state index in [-0.39, 0.29) is 16.5 Å². The number of nitrogens with one attached hydrogen (secondary N) is 1. The lowest BCUT2D eigenvalue weighted by atomic mass is 9.91. The second-order valence-electron chi connectivity index (χ2n) is 4.02. The highest BCUT2D eigenvalue weighted by atomic mass is 16.1. The van der Waals surface area contributed by atoms with Crippen molar-refractivity contribution in [2.45, 2.75) is 26.2 Å². The molecule has 0 aliphatic heterocycles. The number of aldehydes is 1. The minimum Gasteiger partial charge on any atom is -0.325 e. The molecule has 1 rings (SSSR count). The average molecular weight is 179 g/mol. The van der Waals surface area contributed by atoms with E-state index in [4.69, 9.17) is 0 Å². The van der Waals surface area contributed by atoms with Gasteiger partial charge < -0.3 is 4.98 Å². The molecule has 0 unspecified atom stereocenters. The largest absolute Gasteiger partial charge is 0.325 e. The summed E-state index contributed by atoms with van der Waals surface area (Å²) in [6, 6.07) is 3.32. The zero-order valence-electron chi connectivity index (χ0n) is 8.05. The molecule has 0 atom stereocenters. The number of carbonyl (C=O) groups is 1. The van der Waals surface area contributed by atoms with Crippen LogP contribution in [-0.2, 0) is 5.41 Å². The van der Waals surface area contributed by atoms with E-state index >= 15 is 0 Å². The van der Waals surface area contributed by atoms with Gasteiger partial charge in [0, 0.05) is 11.1 Å². The molecule has 70 valence electrons. The maximum atomic E-state index is 11.2. The topological polar surface area (TPSA) is 49.9 Å². The van der Waals surface area contributed by atoms with Crippen LogP contribution in [0.4, 0.5) is 0 Å². The quantitative estimate of drug-likeness (QED) is 0.664. The Morgan fingerprint density at radius 2 is 1.92 bits per heavy atom. The smallest absolute Gasteiger partial charge is 0.258 e. The Kier molecular flexibility index (Phi) is 2.36. The zero-order chi connectivity index (χ0) is 10.1. The fourth-order valence-corrected chi connectivity index (χ4v) is 1.02. The molecule has 0 spiro atoms.